The number of methoxy groups -OCH3 is 1. The molecular formula is C14H23N3O3S2. The first-order valence-electron chi connectivity index (χ1n) is 7.70. The first-order chi connectivity index (χ1) is 10.5. The standard InChI is InChI=1S/C14H23N3O3S2/c1-11-15-8-14(21-11)22(18,19)17-10-13(20-2)7-12(17)9-16-5-3-4-6-16/h8,12-13H,3-7,9-10H2,1-2H3/t12-,13-/m0/s1. The Kier molecular flexibility index (Phi) is 4.84. The van der Waals surface area contributed by atoms with Crippen molar-refractivity contribution in [1.29, 1.82) is 0 Å². The average molecular weight is 345 g/mol. The van der Waals surface area contributed by atoms with E-state index >= 15 is 0 Å². The van der Waals surface area contributed by atoms with Gasteiger partial charge in [0.15, 0.2) is 4.21 Å². The Hall–Kier alpha value is -0.540. The molecule has 2 saturated heterocycles. The molecule has 8 heteroatoms. The van der Waals surface area contributed by atoms with Crippen molar-refractivity contribution in [3.05, 3.63) is 11.2 Å². The molecule has 0 unspecified atom stereocenters. The molecule has 0 saturated carbocycles. The summed E-state index contributed by atoms with van der Waals surface area (Å²) in [5.41, 5.74) is 0. The highest BCUT2D eigenvalue weighted by Crippen LogP contribution is 2.31. The van der Waals surface area contributed by atoms with E-state index in [9.17, 15) is 8.42 Å². The summed E-state index contributed by atoms with van der Waals surface area (Å²) in [7, 11) is -1.81. The highest BCUT2D eigenvalue weighted by atomic mass is 32.2. The van der Waals surface area contributed by atoms with E-state index in [0.29, 0.717) is 10.8 Å². The van der Waals surface area contributed by atoms with E-state index in [1.54, 1.807) is 11.4 Å². The van der Waals surface area contributed by atoms with Gasteiger partial charge in [-0.05, 0) is 39.3 Å². The SMILES string of the molecule is CO[C@H]1C[C@@H](CN2CCCC2)N(S(=O)(=O)c2cnc(C)s2)C1. The van der Waals surface area contributed by atoms with Gasteiger partial charge < -0.3 is 9.64 Å². The molecular weight excluding hydrogens is 322 g/mol. The number of hydrogen-bond donors (Lipinski definition) is 0. The number of hydrogen-bond acceptors (Lipinski definition) is 6. The molecule has 0 N–H and O–H groups in total. The Morgan fingerprint density at radius 3 is 2.73 bits per heavy atom. The fourth-order valence-electron chi connectivity index (χ4n) is 3.32. The Morgan fingerprint density at radius 2 is 2.14 bits per heavy atom. The highest BCUT2D eigenvalue weighted by molar-refractivity contribution is 7.91. The van der Waals surface area contributed by atoms with Crippen molar-refractivity contribution in [2.75, 3.05) is 33.3 Å². The van der Waals surface area contributed by atoms with E-state index in [4.69, 9.17) is 4.74 Å². The van der Waals surface area contributed by atoms with Crippen LogP contribution in [0, 0.1) is 6.92 Å². The van der Waals surface area contributed by atoms with Crippen LogP contribution < -0.4 is 0 Å². The van der Waals surface area contributed by atoms with Crippen molar-refractivity contribution >= 4 is 21.4 Å². The molecule has 22 heavy (non-hydrogen) atoms. The summed E-state index contributed by atoms with van der Waals surface area (Å²) in [6.45, 7) is 5.21. The van der Waals surface area contributed by atoms with Crippen LogP contribution in [-0.2, 0) is 14.8 Å². The van der Waals surface area contributed by atoms with Crippen LogP contribution in [0.15, 0.2) is 10.4 Å². The maximum absolute atomic E-state index is 12.9. The van der Waals surface area contributed by atoms with Gasteiger partial charge in [0.25, 0.3) is 10.0 Å². The number of aryl methyl sites for hydroxylation is 1. The first kappa shape index (κ1) is 16.3. The van der Waals surface area contributed by atoms with E-state index in [1.807, 2.05) is 6.92 Å². The van der Waals surface area contributed by atoms with Gasteiger partial charge in [0.05, 0.1) is 17.3 Å². The van der Waals surface area contributed by atoms with Crippen LogP contribution in [0.5, 0.6) is 0 Å². The minimum absolute atomic E-state index is 0.00421. The molecule has 2 fully saturated rings. The maximum atomic E-state index is 12.9. The second-order valence-corrected chi connectivity index (χ2v) is 9.38. The van der Waals surface area contributed by atoms with Gasteiger partial charge in [0.1, 0.15) is 0 Å². The average Bonchev–Trinajstić information content (AvgIpc) is 3.19. The minimum atomic E-state index is -3.47. The van der Waals surface area contributed by atoms with Crippen molar-refractivity contribution < 1.29 is 13.2 Å². The van der Waals surface area contributed by atoms with Crippen LogP contribution in [0.4, 0.5) is 0 Å². The van der Waals surface area contributed by atoms with Crippen molar-refractivity contribution in [2.24, 2.45) is 0 Å². The smallest absolute Gasteiger partial charge is 0.254 e. The third-order valence-electron chi connectivity index (χ3n) is 4.49. The Balaban J connectivity index is 1.81. The van der Waals surface area contributed by atoms with Crippen molar-refractivity contribution in [1.82, 2.24) is 14.2 Å². The number of thiazole rings is 1. The normalized spacial score (nSPS) is 27.7. The van der Waals surface area contributed by atoms with Gasteiger partial charge in [-0.3, -0.25) is 0 Å². The van der Waals surface area contributed by atoms with E-state index in [2.05, 4.69) is 9.88 Å². The predicted molar refractivity (Wildman–Crippen MR) is 85.6 cm³/mol. The quantitative estimate of drug-likeness (QED) is 0.805. The highest BCUT2D eigenvalue weighted by Gasteiger charge is 2.41. The third kappa shape index (κ3) is 3.21. The molecule has 3 heterocycles. The van der Waals surface area contributed by atoms with Gasteiger partial charge in [-0.1, -0.05) is 0 Å². The van der Waals surface area contributed by atoms with Crippen molar-refractivity contribution in [3.8, 4) is 0 Å². The molecule has 3 rings (SSSR count). The summed E-state index contributed by atoms with van der Waals surface area (Å²) < 4.78 is 33.2. The Labute approximate surface area is 136 Å². The predicted octanol–water partition coefficient (Wildman–Crippen LogP) is 1.33. The summed E-state index contributed by atoms with van der Waals surface area (Å²) in [6, 6.07) is -0.00421. The van der Waals surface area contributed by atoms with Crippen molar-refractivity contribution in [3.63, 3.8) is 0 Å². The lowest BCUT2D eigenvalue weighted by atomic mass is 10.2. The molecule has 2 atom stereocenters. The maximum Gasteiger partial charge on any atom is 0.254 e. The molecule has 0 amide bonds. The van der Waals surface area contributed by atoms with Crippen LogP contribution >= 0.6 is 11.3 Å². The molecule has 2 aliphatic rings. The largest absolute Gasteiger partial charge is 0.380 e. The van der Waals surface area contributed by atoms with Crippen LogP contribution in [0.2, 0.25) is 0 Å². The zero-order valence-corrected chi connectivity index (χ0v) is 14.7. The monoisotopic (exact) mass is 345 g/mol. The molecule has 1 aromatic rings. The molecule has 0 aliphatic carbocycles. The van der Waals surface area contributed by atoms with Gasteiger partial charge in [0, 0.05) is 26.2 Å². The van der Waals surface area contributed by atoms with Gasteiger partial charge in [-0.25, -0.2) is 13.4 Å². The van der Waals surface area contributed by atoms with E-state index in [0.717, 1.165) is 31.1 Å². The summed E-state index contributed by atoms with van der Waals surface area (Å²) in [6.07, 6.45) is 4.64. The van der Waals surface area contributed by atoms with E-state index in [-0.39, 0.29) is 12.1 Å². The number of sulfonamides is 1. The van der Waals surface area contributed by atoms with Crippen LogP contribution in [0.3, 0.4) is 0 Å². The molecule has 0 spiro atoms. The number of ether oxygens (including phenoxy) is 1. The number of nitrogens with zero attached hydrogens (tertiary/aromatic N) is 3. The summed E-state index contributed by atoms with van der Waals surface area (Å²) >= 11 is 1.24. The van der Waals surface area contributed by atoms with Gasteiger partial charge in [0.2, 0.25) is 0 Å². The lowest BCUT2D eigenvalue weighted by molar-refractivity contribution is 0.113. The summed E-state index contributed by atoms with van der Waals surface area (Å²) in [5, 5.41) is 0.775. The lowest BCUT2D eigenvalue weighted by Gasteiger charge is -2.26. The molecule has 0 bridgehead atoms. The third-order valence-corrected chi connectivity index (χ3v) is 7.76. The molecule has 6 nitrogen and oxygen atoms in total. The zero-order valence-electron chi connectivity index (χ0n) is 13.1. The number of aromatic nitrogens is 1. The lowest BCUT2D eigenvalue weighted by Crippen LogP contribution is -2.42. The van der Waals surface area contributed by atoms with Gasteiger partial charge in [-0.15, -0.1) is 11.3 Å². The topological polar surface area (TPSA) is 62.7 Å². The zero-order chi connectivity index (χ0) is 15.7. The van der Waals surface area contributed by atoms with Gasteiger partial charge in [-0.2, -0.15) is 4.31 Å². The second-order valence-electron chi connectivity index (χ2n) is 6.03. The fourth-order valence-corrected chi connectivity index (χ4v) is 6.21. The van der Waals surface area contributed by atoms with Crippen LogP contribution in [0.25, 0.3) is 0 Å². The second kappa shape index (κ2) is 6.52. The van der Waals surface area contributed by atoms with E-state index < -0.39 is 10.0 Å². The number of likely N-dealkylation sites (tertiary alicyclic amines) is 1. The minimum Gasteiger partial charge on any atom is -0.380 e. The molecule has 0 aromatic carbocycles. The molecule has 1 aromatic heterocycles. The van der Waals surface area contributed by atoms with Crippen LogP contribution in [-0.4, -0.2) is 68.0 Å². The fraction of sp³-hybridized carbons (Fsp3) is 0.786. The summed E-state index contributed by atoms with van der Waals surface area (Å²) in [5.74, 6) is 0. The number of rotatable bonds is 5. The van der Waals surface area contributed by atoms with Crippen LogP contribution in [0.1, 0.15) is 24.3 Å². The Bertz CT molecular complexity index is 611. The molecule has 0 radical (unpaired) electrons. The molecule has 2 aliphatic heterocycles. The van der Waals surface area contributed by atoms with E-state index in [1.165, 1.54) is 30.4 Å². The van der Waals surface area contributed by atoms with Crippen molar-refractivity contribution in [2.45, 2.75) is 42.5 Å². The summed E-state index contributed by atoms with van der Waals surface area (Å²) in [4.78, 5) is 6.46. The van der Waals surface area contributed by atoms with Gasteiger partial charge >= 0.3 is 0 Å². The molecule has 124 valence electrons. The Morgan fingerprint density at radius 1 is 1.41 bits per heavy atom. The first-order valence-corrected chi connectivity index (χ1v) is 9.96.